The Bertz CT molecular complexity index is 803. The Kier molecular flexibility index (Phi) is 5.87. The molecule has 1 N–H and O–H groups in total. The molecule has 1 atom stereocenters. The number of urea groups is 1. The van der Waals surface area contributed by atoms with Gasteiger partial charge in [0.05, 0.1) is 24.4 Å². The van der Waals surface area contributed by atoms with E-state index in [0.29, 0.717) is 23.6 Å². The summed E-state index contributed by atoms with van der Waals surface area (Å²) in [5, 5.41) is 2.83. The highest BCUT2D eigenvalue weighted by Gasteiger charge is 2.42. The third kappa shape index (κ3) is 3.81. The van der Waals surface area contributed by atoms with Crippen LogP contribution in [0.2, 0.25) is 0 Å². The lowest BCUT2D eigenvalue weighted by atomic mass is 9.95. The quantitative estimate of drug-likeness (QED) is 0.721. The summed E-state index contributed by atoms with van der Waals surface area (Å²) in [4.78, 5) is 40.5. The number of hydrogen-bond acceptors (Lipinski definition) is 5. The molecule has 1 aromatic rings. The summed E-state index contributed by atoms with van der Waals surface area (Å²) in [5.41, 5.74) is 1.56. The van der Waals surface area contributed by atoms with Gasteiger partial charge in [0, 0.05) is 13.6 Å². The van der Waals surface area contributed by atoms with Crippen LogP contribution in [-0.2, 0) is 14.3 Å². The average molecular weight is 387 g/mol. The molecule has 0 aliphatic carbocycles. The van der Waals surface area contributed by atoms with Gasteiger partial charge in [0.15, 0.2) is 0 Å². The lowest BCUT2D eigenvalue weighted by Gasteiger charge is -2.33. The highest BCUT2D eigenvalue weighted by atomic mass is 16.5. The Morgan fingerprint density at radius 3 is 2.68 bits per heavy atom. The molecule has 0 aromatic heterocycles. The summed E-state index contributed by atoms with van der Waals surface area (Å²) in [6.45, 7) is 2.53. The maximum atomic E-state index is 12.7. The second kappa shape index (κ2) is 8.33. The Labute approximate surface area is 164 Å². The molecule has 0 fully saturated rings. The second-order valence-electron chi connectivity index (χ2n) is 6.85. The molecule has 0 bridgehead atoms. The third-order valence-electron chi connectivity index (χ3n) is 5.01. The first-order valence-electron chi connectivity index (χ1n) is 9.32. The fourth-order valence-electron chi connectivity index (χ4n) is 3.30. The van der Waals surface area contributed by atoms with Gasteiger partial charge in [-0.05, 0) is 24.1 Å². The molecule has 0 spiro atoms. The van der Waals surface area contributed by atoms with E-state index in [4.69, 9.17) is 9.47 Å². The normalized spacial score (nSPS) is 18.5. The van der Waals surface area contributed by atoms with Crippen molar-refractivity contribution in [2.75, 3.05) is 33.9 Å². The Balaban J connectivity index is 1.85. The van der Waals surface area contributed by atoms with E-state index in [1.54, 1.807) is 43.3 Å². The van der Waals surface area contributed by atoms with E-state index >= 15 is 0 Å². The van der Waals surface area contributed by atoms with Crippen LogP contribution in [0.1, 0.15) is 31.4 Å². The highest BCUT2D eigenvalue weighted by molar-refractivity contribution is 5.98. The number of amides is 3. The number of ether oxygens (including phenoxy) is 2. The highest BCUT2D eigenvalue weighted by Crippen LogP contribution is 2.35. The number of carbonyl (C=O) groups is 3. The largest absolute Gasteiger partial charge is 0.497 e. The minimum absolute atomic E-state index is 0.0137. The summed E-state index contributed by atoms with van der Waals surface area (Å²) in [6, 6.07) is 6.07. The van der Waals surface area contributed by atoms with Gasteiger partial charge in [-0.15, -0.1) is 0 Å². The number of esters is 1. The first-order valence-corrected chi connectivity index (χ1v) is 9.32. The summed E-state index contributed by atoms with van der Waals surface area (Å²) >= 11 is 0. The van der Waals surface area contributed by atoms with E-state index in [1.807, 2.05) is 6.92 Å². The zero-order valence-corrected chi connectivity index (χ0v) is 16.4. The smallest absolute Gasteiger partial charge is 0.338 e. The van der Waals surface area contributed by atoms with Gasteiger partial charge in [0.1, 0.15) is 18.9 Å². The zero-order chi connectivity index (χ0) is 20.3. The van der Waals surface area contributed by atoms with Crippen LogP contribution in [0.4, 0.5) is 4.79 Å². The number of rotatable bonds is 7. The molecule has 8 nitrogen and oxygen atoms in total. The van der Waals surface area contributed by atoms with E-state index in [2.05, 4.69) is 5.32 Å². The predicted octanol–water partition coefficient (Wildman–Crippen LogP) is 1.83. The van der Waals surface area contributed by atoms with Gasteiger partial charge in [-0.25, -0.2) is 9.59 Å². The van der Waals surface area contributed by atoms with Crippen LogP contribution in [-0.4, -0.2) is 61.6 Å². The Hall–Kier alpha value is -3.03. The lowest BCUT2D eigenvalue weighted by Crippen LogP contribution is -2.50. The van der Waals surface area contributed by atoms with Crippen molar-refractivity contribution in [2.24, 2.45) is 0 Å². The Morgan fingerprint density at radius 1 is 1.32 bits per heavy atom. The molecule has 2 aliphatic rings. The van der Waals surface area contributed by atoms with E-state index < -0.39 is 18.0 Å². The SMILES string of the molecule is CCCCN(C)C(=O)CN1C(=O)N[C@H](c2ccc(OC)cc2)C2=C1COC2=O. The summed E-state index contributed by atoms with van der Waals surface area (Å²) in [5.74, 6) is 0.0155. The summed E-state index contributed by atoms with van der Waals surface area (Å²) < 4.78 is 10.3. The van der Waals surface area contributed by atoms with Crippen LogP contribution in [0.15, 0.2) is 35.5 Å². The molecule has 1 aromatic carbocycles. The molecule has 0 saturated carbocycles. The van der Waals surface area contributed by atoms with Crippen LogP contribution in [0, 0.1) is 0 Å². The van der Waals surface area contributed by atoms with Gasteiger partial charge in [-0.1, -0.05) is 25.5 Å². The van der Waals surface area contributed by atoms with Crippen LogP contribution < -0.4 is 10.1 Å². The minimum Gasteiger partial charge on any atom is -0.497 e. The molecule has 8 heteroatoms. The predicted molar refractivity (Wildman–Crippen MR) is 102 cm³/mol. The topological polar surface area (TPSA) is 88.2 Å². The fraction of sp³-hybridized carbons (Fsp3) is 0.450. The van der Waals surface area contributed by atoms with E-state index in [0.717, 1.165) is 18.4 Å². The second-order valence-corrected chi connectivity index (χ2v) is 6.85. The van der Waals surface area contributed by atoms with Gasteiger partial charge < -0.3 is 19.7 Å². The minimum atomic E-state index is -0.618. The third-order valence-corrected chi connectivity index (χ3v) is 5.01. The number of methoxy groups -OCH3 is 1. The van der Waals surface area contributed by atoms with Crippen LogP contribution in [0.3, 0.4) is 0 Å². The van der Waals surface area contributed by atoms with E-state index in [1.165, 1.54) is 4.90 Å². The Morgan fingerprint density at radius 2 is 2.04 bits per heavy atom. The molecule has 0 radical (unpaired) electrons. The van der Waals surface area contributed by atoms with E-state index in [-0.39, 0.29) is 19.1 Å². The van der Waals surface area contributed by atoms with Gasteiger partial charge in [0.25, 0.3) is 0 Å². The van der Waals surface area contributed by atoms with Crippen molar-refractivity contribution in [3.05, 3.63) is 41.1 Å². The first-order chi connectivity index (χ1) is 13.5. The number of unbranched alkanes of at least 4 members (excludes halogenated alkanes) is 1. The molecule has 150 valence electrons. The lowest BCUT2D eigenvalue weighted by molar-refractivity contribution is -0.136. The summed E-state index contributed by atoms with van der Waals surface area (Å²) in [6.07, 6.45) is 1.87. The monoisotopic (exact) mass is 387 g/mol. The maximum Gasteiger partial charge on any atom is 0.338 e. The molecule has 2 aliphatic heterocycles. The molecule has 3 rings (SSSR count). The zero-order valence-electron chi connectivity index (χ0n) is 16.4. The molecule has 0 unspecified atom stereocenters. The number of benzene rings is 1. The number of cyclic esters (lactones) is 1. The van der Waals surface area contributed by atoms with Crippen molar-refractivity contribution in [3.63, 3.8) is 0 Å². The number of likely N-dealkylation sites (N-methyl/N-ethyl adjacent to an activating group) is 1. The molecule has 3 amide bonds. The van der Waals surface area contributed by atoms with Crippen LogP contribution in [0.5, 0.6) is 5.75 Å². The molecule has 28 heavy (non-hydrogen) atoms. The standard InChI is InChI=1S/C20H25N3O5/c1-4-5-10-22(2)16(24)11-23-15-12-28-19(25)17(15)18(21-20(23)26)13-6-8-14(27-3)9-7-13/h6-9,18H,4-5,10-12H2,1-3H3,(H,21,26)/t18-/m1/s1. The van der Waals surface area contributed by atoms with Crippen molar-refractivity contribution >= 4 is 17.9 Å². The number of nitrogens with one attached hydrogen (secondary N) is 1. The molecular weight excluding hydrogens is 362 g/mol. The fourth-order valence-corrected chi connectivity index (χ4v) is 3.30. The van der Waals surface area contributed by atoms with Crippen molar-refractivity contribution < 1.29 is 23.9 Å². The van der Waals surface area contributed by atoms with Gasteiger partial charge in [-0.2, -0.15) is 0 Å². The van der Waals surface area contributed by atoms with Crippen molar-refractivity contribution in [1.82, 2.24) is 15.1 Å². The first kappa shape index (κ1) is 19.7. The number of nitrogens with zero attached hydrogens (tertiary/aromatic N) is 2. The van der Waals surface area contributed by atoms with Crippen LogP contribution in [0.25, 0.3) is 0 Å². The summed E-state index contributed by atoms with van der Waals surface area (Å²) in [7, 11) is 3.28. The van der Waals surface area contributed by atoms with Crippen LogP contribution >= 0.6 is 0 Å². The van der Waals surface area contributed by atoms with Crippen molar-refractivity contribution in [1.29, 1.82) is 0 Å². The van der Waals surface area contributed by atoms with Gasteiger partial charge >= 0.3 is 12.0 Å². The van der Waals surface area contributed by atoms with Gasteiger partial charge in [0.2, 0.25) is 5.91 Å². The molecule has 2 heterocycles. The molecule has 0 saturated heterocycles. The molecular formula is C20H25N3O5. The average Bonchev–Trinajstić information content (AvgIpc) is 3.09. The van der Waals surface area contributed by atoms with Gasteiger partial charge in [-0.3, -0.25) is 9.69 Å². The van der Waals surface area contributed by atoms with E-state index in [9.17, 15) is 14.4 Å². The maximum absolute atomic E-state index is 12.7. The van der Waals surface area contributed by atoms with Crippen molar-refractivity contribution in [3.8, 4) is 5.75 Å². The number of hydrogen-bond donors (Lipinski definition) is 1. The van der Waals surface area contributed by atoms with Crippen molar-refractivity contribution in [2.45, 2.75) is 25.8 Å². The number of carbonyl (C=O) groups excluding carboxylic acids is 3.